The predicted molar refractivity (Wildman–Crippen MR) is 108 cm³/mol. The maximum absolute atomic E-state index is 6.22. The molecule has 2 aliphatic heterocycles. The standard InChI is InChI=1S/C22H27N3O5/c1-22(21-23-20(29-25-21)18-8-5-11-27-18)13-16(24-30-22)14-9-10-17(26-2)19(12-14)28-15-6-3-4-7-15/h9-10,12-13,15,18,24H,3-8,11H2,1-2H3. The van der Waals surface area contributed by atoms with Crippen LogP contribution in [0.2, 0.25) is 0 Å². The van der Waals surface area contributed by atoms with Gasteiger partial charge in [-0.2, -0.15) is 4.98 Å². The number of rotatable bonds is 6. The Kier molecular flexibility index (Phi) is 5.12. The first-order chi connectivity index (χ1) is 14.6. The highest BCUT2D eigenvalue weighted by Gasteiger charge is 2.38. The van der Waals surface area contributed by atoms with Crippen molar-refractivity contribution in [1.29, 1.82) is 0 Å². The summed E-state index contributed by atoms with van der Waals surface area (Å²) < 4.78 is 22.8. The van der Waals surface area contributed by atoms with Crippen molar-refractivity contribution >= 4 is 5.70 Å². The molecule has 1 aromatic carbocycles. The van der Waals surface area contributed by atoms with Crippen molar-refractivity contribution in [3.05, 3.63) is 41.6 Å². The molecule has 3 aliphatic rings. The second-order valence-electron chi connectivity index (χ2n) is 8.22. The van der Waals surface area contributed by atoms with Crippen molar-refractivity contribution in [3.63, 3.8) is 0 Å². The first kappa shape index (κ1) is 19.4. The van der Waals surface area contributed by atoms with Gasteiger partial charge in [-0.05, 0) is 69.7 Å². The van der Waals surface area contributed by atoms with Crippen molar-refractivity contribution in [3.8, 4) is 11.5 Å². The Bertz CT molecular complexity index is 931. The number of hydroxylamine groups is 1. The van der Waals surface area contributed by atoms with Gasteiger partial charge >= 0.3 is 0 Å². The van der Waals surface area contributed by atoms with Crippen LogP contribution >= 0.6 is 0 Å². The molecule has 1 aromatic heterocycles. The minimum Gasteiger partial charge on any atom is -0.493 e. The van der Waals surface area contributed by atoms with Crippen LogP contribution in [-0.4, -0.2) is 30.0 Å². The fraction of sp³-hybridized carbons (Fsp3) is 0.545. The molecule has 3 heterocycles. The fourth-order valence-corrected chi connectivity index (χ4v) is 4.21. The first-order valence-electron chi connectivity index (χ1n) is 10.6. The van der Waals surface area contributed by atoms with Gasteiger partial charge in [-0.25, -0.2) is 0 Å². The average Bonchev–Trinajstić information content (AvgIpc) is 3.54. The molecule has 2 unspecified atom stereocenters. The van der Waals surface area contributed by atoms with Gasteiger partial charge < -0.3 is 18.7 Å². The molecule has 160 valence electrons. The van der Waals surface area contributed by atoms with Gasteiger partial charge in [-0.1, -0.05) is 5.16 Å². The smallest absolute Gasteiger partial charge is 0.255 e. The number of benzene rings is 1. The maximum Gasteiger partial charge on any atom is 0.255 e. The van der Waals surface area contributed by atoms with Gasteiger partial charge in [-0.15, -0.1) is 0 Å². The summed E-state index contributed by atoms with van der Waals surface area (Å²) in [5.74, 6) is 2.45. The summed E-state index contributed by atoms with van der Waals surface area (Å²) >= 11 is 0. The monoisotopic (exact) mass is 413 g/mol. The number of nitrogens with zero attached hydrogens (tertiary/aromatic N) is 2. The van der Waals surface area contributed by atoms with E-state index in [1.165, 1.54) is 12.8 Å². The van der Waals surface area contributed by atoms with E-state index in [9.17, 15) is 0 Å². The molecule has 0 amide bonds. The summed E-state index contributed by atoms with van der Waals surface area (Å²) in [7, 11) is 1.66. The van der Waals surface area contributed by atoms with Crippen LogP contribution in [0, 0.1) is 0 Å². The third-order valence-electron chi connectivity index (χ3n) is 5.95. The highest BCUT2D eigenvalue weighted by atomic mass is 16.7. The van der Waals surface area contributed by atoms with Crippen molar-refractivity contribution in [2.75, 3.05) is 13.7 Å². The first-order valence-corrected chi connectivity index (χ1v) is 10.6. The summed E-state index contributed by atoms with van der Waals surface area (Å²) in [6.45, 7) is 2.63. The molecule has 2 aromatic rings. The third-order valence-corrected chi connectivity index (χ3v) is 5.95. The Morgan fingerprint density at radius 3 is 2.77 bits per heavy atom. The number of hydrogen-bond acceptors (Lipinski definition) is 8. The van der Waals surface area contributed by atoms with E-state index in [4.69, 9.17) is 23.6 Å². The molecule has 0 bridgehead atoms. The van der Waals surface area contributed by atoms with E-state index >= 15 is 0 Å². The van der Waals surface area contributed by atoms with Crippen molar-refractivity contribution < 1.29 is 23.6 Å². The fourth-order valence-electron chi connectivity index (χ4n) is 4.21. The van der Waals surface area contributed by atoms with Gasteiger partial charge in [0.05, 0.1) is 18.9 Å². The number of nitrogens with one attached hydrogen (secondary N) is 1. The molecular formula is C22H27N3O5. The molecule has 30 heavy (non-hydrogen) atoms. The Morgan fingerprint density at radius 2 is 2.00 bits per heavy atom. The molecule has 8 heteroatoms. The zero-order valence-corrected chi connectivity index (χ0v) is 17.3. The zero-order valence-electron chi connectivity index (χ0n) is 17.3. The van der Waals surface area contributed by atoms with Gasteiger partial charge in [0, 0.05) is 12.2 Å². The average molecular weight is 413 g/mol. The summed E-state index contributed by atoms with van der Waals surface area (Å²) in [5.41, 5.74) is 3.93. The highest BCUT2D eigenvalue weighted by Crippen LogP contribution is 2.38. The second-order valence-corrected chi connectivity index (χ2v) is 8.22. The van der Waals surface area contributed by atoms with Crippen LogP contribution in [0.5, 0.6) is 11.5 Å². The van der Waals surface area contributed by atoms with Crippen molar-refractivity contribution in [1.82, 2.24) is 15.6 Å². The van der Waals surface area contributed by atoms with Gasteiger partial charge in [0.15, 0.2) is 17.1 Å². The second kappa shape index (κ2) is 7.92. The van der Waals surface area contributed by atoms with Gasteiger partial charge in [0.2, 0.25) is 5.82 Å². The van der Waals surface area contributed by atoms with Gasteiger partial charge in [0.1, 0.15) is 6.10 Å². The van der Waals surface area contributed by atoms with Crippen LogP contribution in [0.3, 0.4) is 0 Å². The van der Waals surface area contributed by atoms with E-state index in [2.05, 4.69) is 15.6 Å². The van der Waals surface area contributed by atoms with E-state index in [0.717, 1.165) is 55.0 Å². The Hall–Kier alpha value is -2.58. The van der Waals surface area contributed by atoms with E-state index in [-0.39, 0.29) is 12.2 Å². The number of hydrogen-bond donors (Lipinski definition) is 1. The van der Waals surface area contributed by atoms with E-state index in [1.807, 2.05) is 31.2 Å². The molecule has 2 fully saturated rings. The Balaban J connectivity index is 1.38. The molecule has 8 nitrogen and oxygen atoms in total. The molecule has 1 saturated heterocycles. The van der Waals surface area contributed by atoms with Crippen LogP contribution in [0.25, 0.3) is 5.70 Å². The summed E-state index contributed by atoms with van der Waals surface area (Å²) in [6.07, 6.45) is 8.58. The SMILES string of the molecule is COc1ccc(C2=CC(C)(c3noc(C4CCCO4)n3)ON2)cc1OC1CCCC1. The van der Waals surface area contributed by atoms with E-state index in [1.54, 1.807) is 7.11 Å². The van der Waals surface area contributed by atoms with Gasteiger partial charge in [-0.3, -0.25) is 10.3 Å². The lowest BCUT2D eigenvalue weighted by Crippen LogP contribution is -2.24. The summed E-state index contributed by atoms with van der Waals surface area (Å²) in [4.78, 5) is 10.4. The number of ether oxygens (including phenoxy) is 3. The van der Waals surface area contributed by atoms with Crippen molar-refractivity contribution in [2.45, 2.75) is 63.3 Å². The minimum atomic E-state index is -0.845. The molecule has 1 saturated carbocycles. The van der Waals surface area contributed by atoms with Crippen LogP contribution in [-0.2, 0) is 15.2 Å². The van der Waals surface area contributed by atoms with Crippen LogP contribution in [0.15, 0.2) is 28.8 Å². The molecule has 2 atom stereocenters. The molecule has 1 aliphatic carbocycles. The minimum absolute atomic E-state index is 0.121. The molecular weight excluding hydrogens is 386 g/mol. The Labute approximate surface area is 175 Å². The van der Waals surface area contributed by atoms with Crippen molar-refractivity contribution in [2.24, 2.45) is 0 Å². The lowest BCUT2D eigenvalue weighted by atomic mass is 10.0. The maximum atomic E-state index is 6.22. The molecule has 5 rings (SSSR count). The van der Waals surface area contributed by atoms with E-state index in [0.29, 0.717) is 11.7 Å². The molecule has 1 N–H and O–H groups in total. The lowest BCUT2D eigenvalue weighted by Gasteiger charge is -2.17. The molecule has 0 spiro atoms. The van der Waals surface area contributed by atoms with Crippen LogP contribution in [0.4, 0.5) is 0 Å². The largest absolute Gasteiger partial charge is 0.493 e. The highest BCUT2D eigenvalue weighted by molar-refractivity contribution is 5.68. The van der Waals surface area contributed by atoms with E-state index < -0.39 is 5.60 Å². The third kappa shape index (κ3) is 3.65. The number of methoxy groups -OCH3 is 1. The normalized spacial score (nSPS) is 26.6. The number of aromatic nitrogens is 2. The quantitative estimate of drug-likeness (QED) is 0.759. The summed E-state index contributed by atoms with van der Waals surface area (Å²) in [5, 5.41) is 4.14. The molecule has 0 radical (unpaired) electrons. The Morgan fingerprint density at radius 1 is 1.13 bits per heavy atom. The van der Waals surface area contributed by atoms with Crippen LogP contribution in [0.1, 0.15) is 68.8 Å². The van der Waals surface area contributed by atoms with Gasteiger partial charge in [0.25, 0.3) is 5.89 Å². The summed E-state index contributed by atoms with van der Waals surface area (Å²) in [6, 6.07) is 5.88. The zero-order chi connectivity index (χ0) is 20.6. The topological polar surface area (TPSA) is 87.9 Å². The lowest BCUT2D eigenvalue weighted by molar-refractivity contribution is -0.0319. The van der Waals surface area contributed by atoms with Crippen LogP contribution < -0.4 is 15.0 Å². The predicted octanol–water partition coefficient (Wildman–Crippen LogP) is 4.04.